The van der Waals surface area contributed by atoms with E-state index in [1.54, 1.807) is 0 Å². The lowest BCUT2D eigenvalue weighted by Gasteiger charge is -2.38. The van der Waals surface area contributed by atoms with Crippen molar-refractivity contribution >= 4 is 6.03 Å². The summed E-state index contributed by atoms with van der Waals surface area (Å²) < 4.78 is 0. The Bertz CT molecular complexity index is 232. The van der Waals surface area contributed by atoms with E-state index in [4.69, 9.17) is 0 Å². The molecule has 15 heavy (non-hydrogen) atoms. The van der Waals surface area contributed by atoms with Crippen molar-refractivity contribution in [1.82, 2.24) is 9.80 Å². The van der Waals surface area contributed by atoms with E-state index in [1.165, 1.54) is 0 Å². The molecule has 1 saturated heterocycles. The molecule has 1 aliphatic rings. The van der Waals surface area contributed by atoms with E-state index in [0.717, 1.165) is 26.1 Å². The van der Waals surface area contributed by atoms with Gasteiger partial charge in [-0.15, -0.1) is 0 Å². The molecule has 0 aromatic heterocycles. The average Bonchev–Trinajstić information content (AvgIpc) is 2.11. The van der Waals surface area contributed by atoms with Crippen molar-refractivity contribution in [3.8, 4) is 0 Å². The van der Waals surface area contributed by atoms with Crippen molar-refractivity contribution in [2.45, 2.75) is 34.1 Å². The van der Waals surface area contributed by atoms with E-state index in [2.05, 4.69) is 27.7 Å². The lowest BCUT2D eigenvalue weighted by molar-refractivity contribution is 0.115. The molecule has 3 heteroatoms. The number of carbonyl (C=O) groups is 1. The number of rotatable bonds is 2. The largest absolute Gasteiger partial charge is 0.328 e. The van der Waals surface area contributed by atoms with Gasteiger partial charge in [0.25, 0.3) is 0 Å². The van der Waals surface area contributed by atoms with Gasteiger partial charge in [-0.2, -0.15) is 0 Å². The van der Waals surface area contributed by atoms with Crippen LogP contribution in [0, 0.1) is 11.3 Å². The molecular formula is C12H24N2O. The molecule has 0 N–H and O–H groups in total. The molecule has 0 aliphatic carbocycles. The van der Waals surface area contributed by atoms with E-state index in [0.29, 0.717) is 5.92 Å². The monoisotopic (exact) mass is 212 g/mol. The smallest absolute Gasteiger partial charge is 0.319 e. The second-order valence-electron chi connectivity index (χ2n) is 5.77. The van der Waals surface area contributed by atoms with Crippen LogP contribution in [0.4, 0.5) is 4.79 Å². The van der Waals surface area contributed by atoms with Crippen LogP contribution in [0.1, 0.15) is 34.1 Å². The fourth-order valence-electron chi connectivity index (χ4n) is 1.71. The molecule has 3 nitrogen and oxygen atoms in total. The van der Waals surface area contributed by atoms with Crippen LogP contribution in [0.2, 0.25) is 0 Å². The standard InChI is InChI=1S/C12H24N2O/c1-10(12(2,3)4)9-14-8-6-7-13(5)11(14)15/h10H,6-9H2,1-5H3/t10-/m1/s1. The van der Waals surface area contributed by atoms with Gasteiger partial charge in [0, 0.05) is 26.7 Å². The number of hydrogen-bond donors (Lipinski definition) is 0. The maximum atomic E-state index is 11.8. The molecule has 1 rings (SSSR count). The molecule has 88 valence electrons. The lowest BCUT2D eigenvalue weighted by Crippen LogP contribution is -2.49. The first-order chi connectivity index (χ1) is 6.82. The van der Waals surface area contributed by atoms with Crippen molar-refractivity contribution in [2.24, 2.45) is 11.3 Å². The lowest BCUT2D eigenvalue weighted by atomic mass is 9.82. The highest BCUT2D eigenvalue weighted by atomic mass is 16.2. The van der Waals surface area contributed by atoms with Gasteiger partial charge in [-0.05, 0) is 17.8 Å². The summed E-state index contributed by atoms with van der Waals surface area (Å²) in [5.41, 5.74) is 0.274. The fraction of sp³-hybridized carbons (Fsp3) is 0.917. The molecular weight excluding hydrogens is 188 g/mol. The number of nitrogens with zero attached hydrogens (tertiary/aromatic N) is 2. The Morgan fingerprint density at radius 3 is 2.47 bits per heavy atom. The molecule has 0 radical (unpaired) electrons. The zero-order valence-corrected chi connectivity index (χ0v) is 10.7. The van der Waals surface area contributed by atoms with Crippen LogP contribution in [0.25, 0.3) is 0 Å². The van der Waals surface area contributed by atoms with Crippen molar-refractivity contribution in [1.29, 1.82) is 0 Å². The summed E-state index contributed by atoms with van der Waals surface area (Å²) in [6.07, 6.45) is 1.10. The highest BCUT2D eigenvalue weighted by molar-refractivity contribution is 5.74. The van der Waals surface area contributed by atoms with Crippen LogP contribution in [-0.2, 0) is 0 Å². The molecule has 0 aromatic carbocycles. The van der Waals surface area contributed by atoms with Crippen molar-refractivity contribution < 1.29 is 4.79 Å². The minimum Gasteiger partial charge on any atom is -0.328 e. The summed E-state index contributed by atoms with van der Waals surface area (Å²) in [5.74, 6) is 0.535. The molecule has 1 heterocycles. The van der Waals surface area contributed by atoms with Gasteiger partial charge >= 0.3 is 6.03 Å². The van der Waals surface area contributed by atoms with Gasteiger partial charge in [-0.25, -0.2) is 4.79 Å². The summed E-state index contributed by atoms with van der Waals surface area (Å²) in [7, 11) is 1.89. The van der Waals surface area contributed by atoms with Gasteiger partial charge in [0.15, 0.2) is 0 Å². The van der Waals surface area contributed by atoms with E-state index < -0.39 is 0 Å². The predicted molar refractivity (Wildman–Crippen MR) is 62.8 cm³/mol. The van der Waals surface area contributed by atoms with Crippen molar-refractivity contribution in [3.05, 3.63) is 0 Å². The third kappa shape index (κ3) is 3.11. The third-order valence-corrected chi connectivity index (χ3v) is 3.49. The Morgan fingerprint density at radius 1 is 1.33 bits per heavy atom. The minimum absolute atomic E-state index is 0.192. The molecule has 0 unspecified atom stereocenters. The van der Waals surface area contributed by atoms with E-state index in [-0.39, 0.29) is 11.4 Å². The van der Waals surface area contributed by atoms with Gasteiger partial charge in [0.05, 0.1) is 0 Å². The molecule has 0 saturated carbocycles. The van der Waals surface area contributed by atoms with Crippen LogP contribution < -0.4 is 0 Å². The maximum absolute atomic E-state index is 11.8. The second-order valence-corrected chi connectivity index (χ2v) is 5.77. The zero-order chi connectivity index (χ0) is 11.6. The Kier molecular flexibility index (Phi) is 3.63. The number of carbonyl (C=O) groups excluding carboxylic acids is 1. The number of urea groups is 1. The second kappa shape index (κ2) is 4.42. The highest BCUT2D eigenvalue weighted by Crippen LogP contribution is 2.26. The van der Waals surface area contributed by atoms with Gasteiger partial charge < -0.3 is 9.80 Å². The molecule has 2 amide bonds. The summed E-state index contributed by atoms with van der Waals surface area (Å²) in [6.45, 7) is 11.6. The molecule has 1 aliphatic heterocycles. The Hall–Kier alpha value is -0.730. The summed E-state index contributed by atoms with van der Waals surface area (Å²) in [4.78, 5) is 15.6. The SMILES string of the molecule is C[C@H](CN1CCCN(C)C1=O)C(C)(C)C. The first kappa shape index (κ1) is 12.3. The minimum atomic E-state index is 0.192. The summed E-state index contributed by atoms with van der Waals surface area (Å²) in [5, 5.41) is 0. The highest BCUT2D eigenvalue weighted by Gasteiger charge is 2.28. The average molecular weight is 212 g/mol. The van der Waals surface area contributed by atoms with Crippen molar-refractivity contribution in [3.63, 3.8) is 0 Å². The normalized spacial score (nSPS) is 20.7. The van der Waals surface area contributed by atoms with Crippen LogP contribution in [-0.4, -0.2) is 42.5 Å². The fourth-order valence-corrected chi connectivity index (χ4v) is 1.71. The quantitative estimate of drug-likeness (QED) is 0.689. The number of hydrogen-bond acceptors (Lipinski definition) is 1. The summed E-state index contributed by atoms with van der Waals surface area (Å²) in [6, 6.07) is 0.192. The van der Waals surface area contributed by atoms with Gasteiger partial charge in [0.1, 0.15) is 0 Å². The molecule has 0 spiro atoms. The van der Waals surface area contributed by atoms with Crippen LogP contribution in [0.5, 0.6) is 0 Å². The third-order valence-electron chi connectivity index (χ3n) is 3.49. The molecule has 0 bridgehead atoms. The molecule has 0 aromatic rings. The van der Waals surface area contributed by atoms with Crippen molar-refractivity contribution in [2.75, 3.05) is 26.7 Å². The van der Waals surface area contributed by atoms with Gasteiger partial charge in [0.2, 0.25) is 0 Å². The Labute approximate surface area is 93.4 Å². The summed E-state index contributed by atoms with van der Waals surface area (Å²) >= 11 is 0. The first-order valence-electron chi connectivity index (χ1n) is 5.82. The van der Waals surface area contributed by atoms with Gasteiger partial charge in [-0.3, -0.25) is 0 Å². The topological polar surface area (TPSA) is 23.6 Å². The zero-order valence-electron chi connectivity index (χ0n) is 10.7. The first-order valence-corrected chi connectivity index (χ1v) is 5.82. The maximum Gasteiger partial charge on any atom is 0.319 e. The van der Waals surface area contributed by atoms with Gasteiger partial charge in [-0.1, -0.05) is 27.7 Å². The van der Waals surface area contributed by atoms with E-state index >= 15 is 0 Å². The number of amides is 2. The predicted octanol–water partition coefficient (Wildman–Crippen LogP) is 2.43. The van der Waals surface area contributed by atoms with Crippen LogP contribution >= 0.6 is 0 Å². The molecule has 1 fully saturated rings. The Balaban J connectivity index is 2.54. The molecule has 1 atom stereocenters. The van der Waals surface area contributed by atoms with E-state index in [1.807, 2.05) is 16.8 Å². The Morgan fingerprint density at radius 2 is 1.93 bits per heavy atom. The van der Waals surface area contributed by atoms with Crippen LogP contribution in [0.15, 0.2) is 0 Å². The van der Waals surface area contributed by atoms with Crippen LogP contribution in [0.3, 0.4) is 0 Å². The van der Waals surface area contributed by atoms with E-state index in [9.17, 15) is 4.79 Å².